The van der Waals surface area contributed by atoms with Gasteiger partial charge in [-0.15, -0.1) is 0 Å². The number of unbranched alkanes of at least 4 members (excludes halogenated alkanes) is 3. The molecule has 5 nitrogen and oxygen atoms in total. The van der Waals surface area contributed by atoms with Crippen molar-refractivity contribution < 1.29 is 22.3 Å². The van der Waals surface area contributed by atoms with E-state index in [9.17, 15) is 17.6 Å². The molecule has 21 heavy (non-hydrogen) atoms. The van der Waals surface area contributed by atoms with E-state index in [0.29, 0.717) is 0 Å². The standard InChI is InChI=1S/C14H20FNO4S/c1-3-4-5-6-7-20-14(17)11-8-12(15)10(2)13(9-11)21(16,18)19/h8-9H,3-7H2,1-2H3,(H2,16,18,19). The van der Waals surface area contributed by atoms with Gasteiger partial charge in [-0.3, -0.25) is 0 Å². The maximum atomic E-state index is 13.7. The highest BCUT2D eigenvalue weighted by molar-refractivity contribution is 7.89. The number of ether oxygens (including phenoxy) is 1. The van der Waals surface area contributed by atoms with E-state index in [1.54, 1.807) is 0 Å². The van der Waals surface area contributed by atoms with Crippen molar-refractivity contribution in [2.24, 2.45) is 5.14 Å². The molecule has 0 aliphatic rings. The van der Waals surface area contributed by atoms with Gasteiger partial charge in [0.1, 0.15) is 5.82 Å². The van der Waals surface area contributed by atoms with Crippen molar-refractivity contribution in [3.8, 4) is 0 Å². The van der Waals surface area contributed by atoms with E-state index in [0.717, 1.165) is 37.8 Å². The highest BCUT2D eigenvalue weighted by Gasteiger charge is 2.19. The molecule has 0 aromatic heterocycles. The fourth-order valence-corrected chi connectivity index (χ4v) is 2.66. The van der Waals surface area contributed by atoms with Gasteiger partial charge in [0.15, 0.2) is 0 Å². The van der Waals surface area contributed by atoms with E-state index in [-0.39, 0.29) is 17.7 Å². The summed E-state index contributed by atoms with van der Waals surface area (Å²) in [6, 6.07) is 2.00. The minimum absolute atomic E-state index is 0.114. The summed E-state index contributed by atoms with van der Waals surface area (Å²) in [5.41, 5.74) is -0.269. The van der Waals surface area contributed by atoms with Crippen LogP contribution in [-0.4, -0.2) is 21.0 Å². The molecule has 7 heteroatoms. The fourth-order valence-electron chi connectivity index (χ4n) is 1.84. The number of sulfonamides is 1. The predicted molar refractivity (Wildman–Crippen MR) is 76.9 cm³/mol. The van der Waals surface area contributed by atoms with E-state index in [2.05, 4.69) is 6.92 Å². The summed E-state index contributed by atoms with van der Waals surface area (Å²) >= 11 is 0. The zero-order valence-electron chi connectivity index (χ0n) is 12.2. The highest BCUT2D eigenvalue weighted by atomic mass is 32.2. The monoisotopic (exact) mass is 317 g/mol. The van der Waals surface area contributed by atoms with Gasteiger partial charge in [-0.25, -0.2) is 22.7 Å². The van der Waals surface area contributed by atoms with Crippen LogP contribution in [0.25, 0.3) is 0 Å². The van der Waals surface area contributed by atoms with Crippen molar-refractivity contribution in [1.82, 2.24) is 0 Å². The van der Waals surface area contributed by atoms with Crippen LogP contribution < -0.4 is 5.14 Å². The second-order valence-corrected chi connectivity index (χ2v) is 6.35. The first-order valence-corrected chi connectivity index (χ1v) is 8.32. The Hall–Kier alpha value is -1.47. The third kappa shape index (κ3) is 5.09. The normalized spacial score (nSPS) is 11.4. The number of benzene rings is 1. The third-order valence-corrected chi connectivity index (χ3v) is 4.11. The average Bonchev–Trinajstić information content (AvgIpc) is 2.39. The molecule has 0 bridgehead atoms. The van der Waals surface area contributed by atoms with Gasteiger partial charge in [-0.2, -0.15) is 0 Å². The SMILES string of the molecule is CCCCCCOC(=O)c1cc(F)c(C)c(S(N)(=O)=O)c1. The molecule has 0 fully saturated rings. The maximum Gasteiger partial charge on any atom is 0.338 e. The lowest BCUT2D eigenvalue weighted by Gasteiger charge is -2.09. The van der Waals surface area contributed by atoms with Gasteiger partial charge in [-0.1, -0.05) is 26.2 Å². The van der Waals surface area contributed by atoms with Crippen molar-refractivity contribution in [2.75, 3.05) is 6.61 Å². The van der Waals surface area contributed by atoms with Crippen LogP contribution in [-0.2, 0) is 14.8 Å². The minimum Gasteiger partial charge on any atom is -0.462 e. The van der Waals surface area contributed by atoms with E-state index in [4.69, 9.17) is 9.88 Å². The Kier molecular flexibility index (Phi) is 6.29. The summed E-state index contributed by atoms with van der Waals surface area (Å²) < 4.78 is 41.4. The summed E-state index contributed by atoms with van der Waals surface area (Å²) in [5.74, 6) is -1.56. The lowest BCUT2D eigenvalue weighted by molar-refractivity contribution is 0.0497. The van der Waals surface area contributed by atoms with E-state index < -0.39 is 26.7 Å². The molecule has 0 spiro atoms. The Morgan fingerprint density at radius 1 is 1.29 bits per heavy atom. The maximum absolute atomic E-state index is 13.7. The quantitative estimate of drug-likeness (QED) is 0.618. The lowest BCUT2D eigenvalue weighted by atomic mass is 10.1. The first kappa shape index (κ1) is 17.6. The second-order valence-electron chi connectivity index (χ2n) is 4.82. The van der Waals surface area contributed by atoms with Gasteiger partial charge in [0.05, 0.1) is 17.1 Å². The number of primary sulfonamides is 1. The van der Waals surface area contributed by atoms with Crippen LogP contribution in [0.2, 0.25) is 0 Å². The van der Waals surface area contributed by atoms with E-state index >= 15 is 0 Å². The molecule has 0 unspecified atom stereocenters. The van der Waals surface area contributed by atoms with Crippen molar-refractivity contribution in [3.63, 3.8) is 0 Å². The van der Waals surface area contributed by atoms with Crippen molar-refractivity contribution in [2.45, 2.75) is 44.4 Å². The van der Waals surface area contributed by atoms with Crippen LogP contribution in [0.4, 0.5) is 4.39 Å². The zero-order chi connectivity index (χ0) is 16.0. The Morgan fingerprint density at radius 2 is 1.95 bits per heavy atom. The number of halogens is 1. The van der Waals surface area contributed by atoms with Gasteiger partial charge in [0, 0.05) is 5.56 Å². The van der Waals surface area contributed by atoms with Crippen LogP contribution in [0.1, 0.15) is 48.5 Å². The minimum atomic E-state index is -4.09. The van der Waals surface area contributed by atoms with Crippen LogP contribution in [0, 0.1) is 12.7 Å². The molecule has 0 atom stereocenters. The number of hydrogen-bond donors (Lipinski definition) is 1. The number of nitrogens with two attached hydrogens (primary N) is 1. The van der Waals surface area contributed by atoms with Crippen LogP contribution in [0.3, 0.4) is 0 Å². The van der Waals surface area contributed by atoms with Crippen molar-refractivity contribution in [3.05, 3.63) is 29.1 Å². The smallest absolute Gasteiger partial charge is 0.338 e. The molecule has 2 N–H and O–H groups in total. The number of carbonyl (C=O) groups is 1. The summed E-state index contributed by atoms with van der Waals surface area (Å²) in [6.07, 6.45) is 3.77. The van der Waals surface area contributed by atoms with Gasteiger partial charge in [-0.05, 0) is 25.5 Å². The molecule has 1 aromatic rings. The first-order valence-electron chi connectivity index (χ1n) is 6.77. The first-order chi connectivity index (χ1) is 9.77. The van der Waals surface area contributed by atoms with Crippen LogP contribution in [0.15, 0.2) is 17.0 Å². The molecule has 1 aromatic carbocycles. The molecule has 0 amide bonds. The van der Waals surface area contributed by atoms with Gasteiger partial charge in [0.25, 0.3) is 0 Å². The molecule has 0 aliphatic carbocycles. The highest BCUT2D eigenvalue weighted by Crippen LogP contribution is 2.20. The summed E-state index contributed by atoms with van der Waals surface area (Å²) in [4.78, 5) is 11.4. The van der Waals surface area contributed by atoms with Gasteiger partial charge >= 0.3 is 5.97 Å². The topological polar surface area (TPSA) is 86.5 Å². The molecule has 0 radical (unpaired) electrons. The Balaban J connectivity index is 2.84. The fraction of sp³-hybridized carbons (Fsp3) is 0.500. The molecule has 1 rings (SSSR count). The molecular weight excluding hydrogens is 297 g/mol. The molecular formula is C14H20FNO4S. The molecule has 0 heterocycles. The molecule has 0 saturated carbocycles. The Bertz CT molecular complexity index is 614. The number of carbonyl (C=O) groups excluding carboxylic acids is 1. The van der Waals surface area contributed by atoms with E-state index in [1.165, 1.54) is 6.92 Å². The Labute approximate surface area is 124 Å². The summed E-state index contributed by atoms with van der Waals surface area (Å²) in [5, 5.41) is 5.00. The molecule has 0 aliphatic heterocycles. The van der Waals surface area contributed by atoms with Gasteiger partial charge in [0.2, 0.25) is 10.0 Å². The number of esters is 1. The zero-order valence-corrected chi connectivity index (χ0v) is 13.0. The average molecular weight is 317 g/mol. The predicted octanol–water partition coefficient (Wildman–Crippen LogP) is 2.52. The molecule has 0 saturated heterocycles. The summed E-state index contributed by atoms with van der Waals surface area (Å²) in [6.45, 7) is 3.57. The van der Waals surface area contributed by atoms with Crippen molar-refractivity contribution >= 4 is 16.0 Å². The second kappa shape index (κ2) is 7.51. The van der Waals surface area contributed by atoms with Crippen LogP contribution >= 0.6 is 0 Å². The molecule has 118 valence electrons. The lowest BCUT2D eigenvalue weighted by Crippen LogP contribution is -2.16. The van der Waals surface area contributed by atoms with Crippen LogP contribution in [0.5, 0.6) is 0 Å². The number of rotatable bonds is 7. The van der Waals surface area contributed by atoms with Crippen molar-refractivity contribution in [1.29, 1.82) is 0 Å². The third-order valence-electron chi connectivity index (χ3n) is 3.07. The largest absolute Gasteiger partial charge is 0.462 e. The number of hydrogen-bond acceptors (Lipinski definition) is 4. The Morgan fingerprint density at radius 3 is 2.52 bits per heavy atom. The van der Waals surface area contributed by atoms with Gasteiger partial charge < -0.3 is 4.74 Å². The summed E-state index contributed by atoms with van der Waals surface area (Å²) in [7, 11) is -4.09. The van der Waals surface area contributed by atoms with E-state index in [1.807, 2.05) is 0 Å².